The Hall–Kier alpha value is -1.30. The first-order valence-electron chi connectivity index (χ1n) is 10.3. The van der Waals surface area contributed by atoms with Gasteiger partial charge in [-0.1, -0.05) is 25.7 Å². The van der Waals surface area contributed by atoms with Crippen LogP contribution in [-0.4, -0.2) is 44.2 Å². The highest BCUT2D eigenvalue weighted by molar-refractivity contribution is 5.75. The molecule has 3 amide bonds. The van der Waals surface area contributed by atoms with Crippen LogP contribution in [0.3, 0.4) is 0 Å². The molecule has 0 aromatic heterocycles. The number of hydrogen-bond donors (Lipinski definition) is 4. The number of carbonyl (C=O) groups is 2. The third-order valence-electron chi connectivity index (χ3n) is 5.34. The molecule has 0 radical (unpaired) electrons. The highest BCUT2D eigenvalue weighted by atomic mass is 16.2. The second-order valence-electron chi connectivity index (χ2n) is 7.54. The molecule has 1 heterocycles. The van der Waals surface area contributed by atoms with Crippen molar-refractivity contribution in [2.24, 2.45) is 5.92 Å². The van der Waals surface area contributed by atoms with Gasteiger partial charge in [0.25, 0.3) is 0 Å². The van der Waals surface area contributed by atoms with Crippen LogP contribution in [0.4, 0.5) is 4.79 Å². The number of amides is 3. The van der Waals surface area contributed by atoms with E-state index in [0.717, 1.165) is 64.1 Å². The van der Waals surface area contributed by atoms with Crippen LogP contribution in [0.5, 0.6) is 0 Å². The van der Waals surface area contributed by atoms with E-state index in [2.05, 4.69) is 21.3 Å². The first-order valence-corrected chi connectivity index (χ1v) is 10.3. The van der Waals surface area contributed by atoms with Crippen LogP contribution in [-0.2, 0) is 4.79 Å². The molecule has 6 nitrogen and oxygen atoms in total. The summed E-state index contributed by atoms with van der Waals surface area (Å²) < 4.78 is 0. The minimum atomic E-state index is -0.0361. The summed E-state index contributed by atoms with van der Waals surface area (Å²) in [4.78, 5) is 23.6. The van der Waals surface area contributed by atoms with E-state index in [1.165, 1.54) is 25.7 Å². The zero-order valence-corrected chi connectivity index (χ0v) is 15.6. The van der Waals surface area contributed by atoms with Crippen molar-refractivity contribution >= 4 is 11.9 Å². The van der Waals surface area contributed by atoms with Gasteiger partial charge >= 0.3 is 6.03 Å². The maximum absolute atomic E-state index is 11.8. The number of unbranched alkanes of at least 4 members (excludes halogenated alkanes) is 2. The molecule has 2 fully saturated rings. The van der Waals surface area contributed by atoms with Crippen LogP contribution in [0.1, 0.15) is 70.6 Å². The molecule has 0 aromatic rings. The maximum atomic E-state index is 11.8. The molecular weight excluding hydrogens is 316 g/mol. The zero-order chi connectivity index (χ0) is 17.7. The van der Waals surface area contributed by atoms with E-state index in [4.69, 9.17) is 0 Å². The molecule has 1 saturated carbocycles. The minimum absolute atomic E-state index is 0.0361. The van der Waals surface area contributed by atoms with Crippen molar-refractivity contribution in [3.05, 3.63) is 0 Å². The number of rotatable bonds is 10. The fraction of sp³-hybridized carbons (Fsp3) is 0.895. The molecule has 2 rings (SSSR count). The third kappa shape index (κ3) is 9.10. The van der Waals surface area contributed by atoms with E-state index in [9.17, 15) is 9.59 Å². The first kappa shape index (κ1) is 20.0. The van der Waals surface area contributed by atoms with E-state index in [0.29, 0.717) is 19.0 Å². The Morgan fingerprint density at radius 2 is 1.76 bits per heavy atom. The van der Waals surface area contributed by atoms with Crippen molar-refractivity contribution in [1.82, 2.24) is 21.3 Å². The third-order valence-corrected chi connectivity index (χ3v) is 5.34. The van der Waals surface area contributed by atoms with Crippen molar-refractivity contribution in [2.45, 2.75) is 76.7 Å². The molecule has 1 aliphatic heterocycles. The van der Waals surface area contributed by atoms with Gasteiger partial charge in [-0.05, 0) is 57.5 Å². The standard InChI is InChI=1S/C19H36N4O2/c24-18(21-14-11-16-10-13-20-15-16)9-5-2-6-12-22-19(25)23-17-7-3-1-4-8-17/h16-17,20H,1-15H2,(H,21,24)(H2,22,23,25). The van der Waals surface area contributed by atoms with Crippen molar-refractivity contribution in [3.63, 3.8) is 0 Å². The summed E-state index contributed by atoms with van der Waals surface area (Å²) in [6, 6.07) is 0.323. The van der Waals surface area contributed by atoms with Gasteiger partial charge < -0.3 is 21.3 Å². The van der Waals surface area contributed by atoms with Crippen LogP contribution in [0.15, 0.2) is 0 Å². The second-order valence-corrected chi connectivity index (χ2v) is 7.54. The van der Waals surface area contributed by atoms with Gasteiger partial charge in [-0.15, -0.1) is 0 Å². The molecule has 1 saturated heterocycles. The van der Waals surface area contributed by atoms with Crippen LogP contribution >= 0.6 is 0 Å². The molecule has 4 N–H and O–H groups in total. The minimum Gasteiger partial charge on any atom is -0.356 e. The Bertz CT molecular complexity index is 391. The molecule has 0 spiro atoms. The van der Waals surface area contributed by atoms with Gasteiger partial charge in [0.05, 0.1) is 0 Å². The molecular formula is C19H36N4O2. The molecule has 1 unspecified atom stereocenters. The Balaban J connectivity index is 1.37. The molecule has 0 bridgehead atoms. The molecule has 0 aromatic carbocycles. The van der Waals surface area contributed by atoms with Gasteiger partial charge in [0.15, 0.2) is 0 Å². The summed E-state index contributed by atoms with van der Waals surface area (Å²) in [6.07, 6.45) is 11.7. The summed E-state index contributed by atoms with van der Waals surface area (Å²) in [5.74, 6) is 0.889. The number of hydrogen-bond acceptors (Lipinski definition) is 3. The van der Waals surface area contributed by atoms with Gasteiger partial charge in [0.2, 0.25) is 5.91 Å². The summed E-state index contributed by atoms with van der Waals surface area (Å²) >= 11 is 0. The molecule has 2 aliphatic rings. The summed E-state index contributed by atoms with van der Waals surface area (Å²) in [5, 5.41) is 12.3. The van der Waals surface area contributed by atoms with Crippen LogP contribution < -0.4 is 21.3 Å². The first-order chi connectivity index (χ1) is 12.2. The fourth-order valence-corrected chi connectivity index (χ4v) is 3.74. The van der Waals surface area contributed by atoms with Gasteiger partial charge in [-0.25, -0.2) is 4.79 Å². The average molecular weight is 353 g/mol. The smallest absolute Gasteiger partial charge is 0.315 e. The normalized spacial score (nSPS) is 21.0. The Kier molecular flexibility index (Phi) is 9.70. The molecule has 25 heavy (non-hydrogen) atoms. The lowest BCUT2D eigenvalue weighted by Gasteiger charge is -2.22. The van der Waals surface area contributed by atoms with Crippen molar-refractivity contribution in [2.75, 3.05) is 26.2 Å². The van der Waals surface area contributed by atoms with Crippen LogP contribution in [0.25, 0.3) is 0 Å². The highest BCUT2D eigenvalue weighted by Crippen LogP contribution is 2.17. The van der Waals surface area contributed by atoms with Gasteiger partial charge in [0, 0.05) is 25.6 Å². The quantitative estimate of drug-likeness (QED) is 0.455. The zero-order valence-electron chi connectivity index (χ0n) is 15.6. The van der Waals surface area contributed by atoms with Gasteiger partial charge in [-0.2, -0.15) is 0 Å². The second kappa shape index (κ2) is 12.1. The molecule has 1 aliphatic carbocycles. The highest BCUT2D eigenvalue weighted by Gasteiger charge is 2.15. The summed E-state index contributed by atoms with van der Waals surface area (Å²) in [5.41, 5.74) is 0. The summed E-state index contributed by atoms with van der Waals surface area (Å²) in [7, 11) is 0. The topological polar surface area (TPSA) is 82.3 Å². The van der Waals surface area contributed by atoms with E-state index in [1.54, 1.807) is 0 Å². The van der Waals surface area contributed by atoms with E-state index >= 15 is 0 Å². The predicted octanol–water partition coefficient (Wildman–Crippen LogP) is 2.29. The lowest BCUT2D eigenvalue weighted by Crippen LogP contribution is -2.43. The van der Waals surface area contributed by atoms with Gasteiger partial charge in [0.1, 0.15) is 0 Å². The maximum Gasteiger partial charge on any atom is 0.315 e. The molecule has 1 atom stereocenters. The van der Waals surface area contributed by atoms with Crippen LogP contribution in [0, 0.1) is 5.92 Å². The Labute approximate surface area is 152 Å². The lowest BCUT2D eigenvalue weighted by molar-refractivity contribution is -0.121. The Morgan fingerprint density at radius 3 is 2.52 bits per heavy atom. The lowest BCUT2D eigenvalue weighted by atomic mass is 9.96. The van der Waals surface area contributed by atoms with Crippen molar-refractivity contribution < 1.29 is 9.59 Å². The SMILES string of the molecule is O=C(CCCCCNC(=O)NC1CCCCC1)NCCC1CCNC1. The molecule has 6 heteroatoms. The van der Waals surface area contributed by atoms with E-state index in [1.807, 2.05) is 0 Å². The Morgan fingerprint density at radius 1 is 0.920 bits per heavy atom. The number of urea groups is 1. The van der Waals surface area contributed by atoms with E-state index in [-0.39, 0.29) is 11.9 Å². The predicted molar refractivity (Wildman–Crippen MR) is 100 cm³/mol. The summed E-state index contributed by atoms with van der Waals surface area (Å²) in [6.45, 7) is 3.70. The number of carbonyl (C=O) groups excluding carboxylic acids is 2. The van der Waals surface area contributed by atoms with E-state index < -0.39 is 0 Å². The number of nitrogens with one attached hydrogen (secondary N) is 4. The average Bonchev–Trinajstić information content (AvgIpc) is 3.12. The van der Waals surface area contributed by atoms with Crippen LogP contribution in [0.2, 0.25) is 0 Å². The van der Waals surface area contributed by atoms with Crippen molar-refractivity contribution in [1.29, 1.82) is 0 Å². The van der Waals surface area contributed by atoms with Crippen molar-refractivity contribution in [3.8, 4) is 0 Å². The van der Waals surface area contributed by atoms with Gasteiger partial charge in [-0.3, -0.25) is 4.79 Å². The monoisotopic (exact) mass is 352 g/mol. The molecule has 144 valence electrons. The largest absolute Gasteiger partial charge is 0.356 e. The fourth-order valence-electron chi connectivity index (χ4n) is 3.74.